The van der Waals surface area contributed by atoms with Crippen LogP contribution in [0.5, 0.6) is 0 Å². The number of nitrogens with zero attached hydrogens (tertiary/aromatic N) is 2. The van der Waals surface area contributed by atoms with Crippen LogP contribution in [0.2, 0.25) is 5.02 Å². The van der Waals surface area contributed by atoms with Crippen molar-refractivity contribution in [2.75, 3.05) is 13.1 Å². The van der Waals surface area contributed by atoms with Crippen molar-refractivity contribution in [1.82, 2.24) is 4.90 Å². The Morgan fingerprint density at radius 3 is 2.76 bits per heavy atom. The molecule has 1 aromatic carbocycles. The average Bonchev–Trinajstić information content (AvgIpc) is 2.83. The SMILES string of the molecule is CC1CCN(C2=NC(=O)/C(=C/c3ccccc3Cl)S2)CC1. The molecule has 3 rings (SSSR count). The van der Waals surface area contributed by atoms with Gasteiger partial charge in [0.05, 0.1) is 4.91 Å². The number of benzene rings is 1. The third-order valence-corrected chi connectivity index (χ3v) is 5.24. The summed E-state index contributed by atoms with van der Waals surface area (Å²) in [4.78, 5) is 19.1. The maximum Gasteiger partial charge on any atom is 0.286 e. The van der Waals surface area contributed by atoms with Crippen LogP contribution in [0.25, 0.3) is 6.08 Å². The summed E-state index contributed by atoms with van der Waals surface area (Å²) in [6.45, 7) is 4.24. The lowest BCUT2D eigenvalue weighted by molar-refractivity contribution is -0.113. The normalized spacial score (nSPS) is 22.0. The maximum atomic E-state index is 12.1. The Hall–Kier alpha value is -1.26. The fourth-order valence-corrected chi connectivity index (χ4v) is 3.61. The number of likely N-dealkylation sites (tertiary alicyclic amines) is 1. The summed E-state index contributed by atoms with van der Waals surface area (Å²) < 4.78 is 0. The van der Waals surface area contributed by atoms with Gasteiger partial charge in [0.15, 0.2) is 5.17 Å². The number of aliphatic imine (C=N–C) groups is 1. The van der Waals surface area contributed by atoms with E-state index < -0.39 is 0 Å². The summed E-state index contributed by atoms with van der Waals surface area (Å²) in [6.07, 6.45) is 4.16. The number of amidine groups is 1. The van der Waals surface area contributed by atoms with Gasteiger partial charge in [-0.25, -0.2) is 0 Å². The molecule has 0 aliphatic carbocycles. The topological polar surface area (TPSA) is 32.7 Å². The molecular formula is C16H17ClN2OS. The second-order valence-corrected chi connectivity index (χ2v) is 6.92. The van der Waals surface area contributed by atoms with E-state index in [0.29, 0.717) is 9.93 Å². The Morgan fingerprint density at radius 1 is 1.33 bits per heavy atom. The van der Waals surface area contributed by atoms with Crippen molar-refractivity contribution in [3.05, 3.63) is 39.8 Å². The van der Waals surface area contributed by atoms with Gasteiger partial charge in [-0.1, -0.05) is 36.7 Å². The predicted molar refractivity (Wildman–Crippen MR) is 89.4 cm³/mol. The van der Waals surface area contributed by atoms with Crippen LogP contribution in [-0.4, -0.2) is 29.1 Å². The zero-order valence-corrected chi connectivity index (χ0v) is 13.5. The van der Waals surface area contributed by atoms with Crippen LogP contribution in [0.1, 0.15) is 25.3 Å². The minimum atomic E-state index is -0.159. The fraction of sp³-hybridized carbons (Fsp3) is 0.375. The third-order valence-electron chi connectivity index (χ3n) is 3.86. The molecular weight excluding hydrogens is 304 g/mol. The Balaban J connectivity index is 1.74. The molecule has 0 radical (unpaired) electrons. The Morgan fingerprint density at radius 2 is 2.05 bits per heavy atom. The molecule has 0 bridgehead atoms. The van der Waals surface area contributed by atoms with Crippen molar-refractivity contribution in [2.24, 2.45) is 10.9 Å². The first-order valence-corrected chi connectivity index (χ1v) is 8.35. The quantitative estimate of drug-likeness (QED) is 0.732. The summed E-state index contributed by atoms with van der Waals surface area (Å²) in [6, 6.07) is 7.52. The standard InChI is InChI=1S/C16H17ClN2OS/c1-11-6-8-19(9-7-11)16-18-15(20)14(21-16)10-12-4-2-3-5-13(12)17/h2-5,10-11H,6-9H2,1H3/b14-10-. The molecule has 0 aromatic heterocycles. The largest absolute Gasteiger partial charge is 0.351 e. The molecule has 110 valence electrons. The number of carbonyl (C=O) groups is 1. The van der Waals surface area contributed by atoms with Gasteiger partial charge in [-0.3, -0.25) is 4.79 Å². The van der Waals surface area contributed by atoms with Gasteiger partial charge in [0.1, 0.15) is 0 Å². The third kappa shape index (κ3) is 3.33. The molecule has 0 spiro atoms. The van der Waals surface area contributed by atoms with E-state index in [9.17, 15) is 4.79 Å². The number of amides is 1. The van der Waals surface area contributed by atoms with E-state index in [4.69, 9.17) is 11.6 Å². The van der Waals surface area contributed by atoms with Crippen LogP contribution < -0.4 is 0 Å². The maximum absolute atomic E-state index is 12.1. The van der Waals surface area contributed by atoms with Crippen LogP contribution in [0.4, 0.5) is 0 Å². The lowest BCUT2D eigenvalue weighted by atomic mass is 10.00. The monoisotopic (exact) mass is 320 g/mol. The minimum Gasteiger partial charge on any atom is -0.351 e. The van der Waals surface area contributed by atoms with E-state index in [1.54, 1.807) is 0 Å². The van der Waals surface area contributed by atoms with E-state index >= 15 is 0 Å². The molecule has 1 saturated heterocycles. The molecule has 21 heavy (non-hydrogen) atoms. The molecule has 1 aromatic rings. The molecule has 1 amide bonds. The second-order valence-electron chi connectivity index (χ2n) is 5.50. The van der Waals surface area contributed by atoms with E-state index in [0.717, 1.165) is 42.6 Å². The second kappa shape index (κ2) is 6.24. The Labute approximate surface area is 134 Å². The van der Waals surface area contributed by atoms with Crippen molar-refractivity contribution in [3.8, 4) is 0 Å². The molecule has 0 atom stereocenters. The molecule has 5 heteroatoms. The highest BCUT2D eigenvalue weighted by Crippen LogP contribution is 2.33. The highest BCUT2D eigenvalue weighted by Gasteiger charge is 2.28. The van der Waals surface area contributed by atoms with E-state index in [1.807, 2.05) is 30.3 Å². The van der Waals surface area contributed by atoms with Crippen molar-refractivity contribution >= 4 is 40.5 Å². The van der Waals surface area contributed by atoms with Crippen molar-refractivity contribution in [2.45, 2.75) is 19.8 Å². The van der Waals surface area contributed by atoms with Crippen LogP contribution >= 0.6 is 23.4 Å². The molecule has 0 N–H and O–H groups in total. The summed E-state index contributed by atoms with van der Waals surface area (Å²) in [5.74, 6) is 0.607. The zero-order chi connectivity index (χ0) is 14.8. The smallest absolute Gasteiger partial charge is 0.286 e. The number of rotatable bonds is 1. The first-order chi connectivity index (χ1) is 10.1. The van der Waals surface area contributed by atoms with Crippen LogP contribution in [0.15, 0.2) is 34.2 Å². The molecule has 0 unspecified atom stereocenters. The number of carbonyl (C=O) groups excluding carboxylic acids is 1. The van der Waals surface area contributed by atoms with Gasteiger partial charge in [-0.2, -0.15) is 4.99 Å². The zero-order valence-electron chi connectivity index (χ0n) is 11.9. The summed E-state index contributed by atoms with van der Waals surface area (Å²) in [5, 5.41) is 1.49. The molecule has 1 fully saturated rings. The van der Waals surface area contributed by atoms with Gasteiger partial charge in [0.2, 0.25) is 0 Å². The molecule has 2 aliphatic heterocycles. The molecule has 3 nitrogen and oxygen atoms in total. The summed E-state index contributed by atoms with van der Waals surface area (Å²) in [5.41, 5.74) is 0.860. The average molecular weight is 321 g/mol. The van der Waals surface area contributed by atoms with Crippen molar-refractivity contribution < 1.29 is 4.79 Å². The van der Waals surface area contributed by atoms with Gasteiger partial charge in [-0.15, -0.1) is 0 Å². The number of thioether (sulfide) groups is 1. The van der Waals surface area contributed by atoms with Gasteiger partial charge < -0.3 is 4.90 Å². The van der Waals surface area contributed by atoms with Gasteiger partial charge >= 0.3 is 0 Å². The minimum absolute atomic E-state index is 0.159. The highest BCUT2D eigenvalue weighted by molar-refractivity contribution is 8.18. The Kier molecular flexibility index (Phi) is 4.36. The fourth-order valence-electron chi connectivity index (χ4n) is 2.47. The highest BCUT2D eigenvalue weighted by atomic mass is 35.5. The van der Waals surface area contributed by atoms with Crippen molar-refractivity contribution in [3.63, 3.8) is 0 Å². The van der Waals surface area contributed by atoms with E-state index in [2.05, 4.69) is 16.8 Å². The van der Waals surface area contributed by atoms with Crippen molar-refractivity contribution in [1.29, 1.82) is 0 Å². The lowest BCUT2D eigenvalue weighted by Gasteiger charge is -2.30. The van der Waals surface area contributed by atoms with Crippen LogP contribution in [0, 0.1) is 5.92 Å². The molecule has 0 saturated carbocycles. The van der Waals surface area contributed by atoms with Crippen LogP contribution in [0.3, 0.4) is 0 Å². The Bertz CT molecular complexity index is 618. The van der Waals surface area contributed by atoms with Gasteiger partial charge in [-0.05, 0) is 48.2 Å². The van der Waals surface area contributed by atoms with Gasteiger partial charge in [0, 0.05) is 18.1 Å². The lowest BCUT2D eigenvalue weighted by Crippen LogP contribution is -2.35. The van der Waals surface area contributed by atoms with Gasteiger partial charge in [0.25, 0.3) is 5.91 Å². The molecule has 2 aliphatic rings. The number of piperidine rings is 1. The summed E-state index contributed by atoms with van der Waals surface area (Å²) >= 11 is 7.60. The first-order valence-electron chi connectivity index (χ1n) is 7.15. The van der Waals surface area contributed by atoms with E-state index in [-0.39, 0.29) is 5.91 Å². The van der Waals surface area contributed by atoms with E-state index in [1.165, 1.54) is 11.8 Å². The number of hydrogen-bond acceptors (Lipinski definition) is 3. The number of hydrogen-bond donors (Lipinski definition) is 0. The number of halogens is 1. The first kappa shape index (κ1) is 14.7. The predicted octanol–water partition coefficient (Wildman–Crippen LogP) is 4.04. The molecule has 2 heterocycles. The summed E-state index contributed by atoms with van der Waals surface area (Å²) in [7, 11) is 0. The van der Waals surface area contributed by atoms with Crippen LogP contribution in [-0.2, 0) is 4.79 Å².